The Hall–Kier alpha value is -5.28. The van der Waals surface area contributed by atoms with Gasteiger partial charge in [-0.3, -0.25) is 0 Å². The molecule has 0 fully saturated rings. The number of rotatable bonds is 3. The molecular weight excluding hydrogens is 593 g/mol. The van der Waals surface area contributed by atoms with Crippen LogP contribution in [0.3, 0.4) is 0 Å². The number of hydrogen-bond acceptors (Lipinski definition) is 2. The lowest BCUT2D eigenvalue weighted by Gasteiger charge is -2.19. The Bertz CT molecular complexity index is 2740. The second kappa shape index (κ2) is 10.1. The minimum atomic E-state index is 1.25. The molecule has 0 spiro atoms. The fraction of sp³-hybridized carbons (Fsp3) is 0. The van der Waals surface area contributed by atoms with Crippen LogP contribution in [0.1, 0.15) is 0 Å². The van der Waals surface area contributed by atoms with Gasteiger partial charge in [0.25, 0.3) is 0 Å². The van der Waals surface area contributed by atoms with Gasteiger partial charge in [-0.15, -0.1) is 22.7 Å². The molecular formula is C44H26S2. The maximum atomic E-state index is 2.45. The zero-order valence-corrected chi connectivity index (χ0v) is 26.5. The van der Waals surface area contributed by atoms with Crippen molar-refractivity contribution in [3.8, 4) is 33.4 Å². The van der Waals surface area contributed by atoms with Crippen LogP contribution in [0, 0.1) is 0 Å². The van der Waals surface area contributed by atoms with Crippen molar-refractivity contribution >= 4 is 85.2 Å². The second-order valence-corrected chi connectivity index (χ2v) is 14.0. The maximum Gasteiger partial charge on any atom is 0.0435 e. The van der Waals surface area contributed by atoms with Crippen molar-refractivity contribution in [2.75, 3.05) is 0 Å². The van der Waals surface area contributed by atoms with Crippen molar-refractivity contribution < 1.29 is 0 Å². The van der Waals surface area contributed by atoms with E-state index in [1.807, 2.05) is 22.7 Å². The summed E-state index contributed by atoms with van der Waals surface area (Å²) in [6, 6.07) is 56.0. The first kappa shape index (κ1) is 26.0. The van der Waals surface area contributed by atoms with Gasteiger partial charge in [-0.25, -0.2) is 0 Å². The molecule has 0 unspecified atom stereocenters. The fourth-order valence-corrected chi connectivity index (χ4v) is 9.78. The van der Waals surface area contributed by atoms with E-state index in [9.17, 15) is 0 Å². The average molecular weight is 619 g/mol. The van der Waals surface area contributed by atoms with E-state index in [1.165, 1.54) is 96.0 Å². The van der Waals surface area contributed by atoms with Crippen molar-refractivity contribution in [2.24, 2.45) is 0 Å². The number of benzene rings is 8. The minimum absolute atomic E-state index is 1.25. The lowest BCUT2D eigenvalue weighted by Crippen LogP contribution is -1.92. The highest BCUT2D eigenvalue weighted by atomic mass is 32.1. The van der Waals surface area contributed by atoms with Gasteiger partial charge in [0.05, 0.1) is 0 Å². The first-order valence-electron chi connectivity index (χ1n) is 15.7. The average Bonchev–Trinajstić information content (AvgIpc) is 3.71. The summed E-state index contributed by atoms with van der Waals surface area (Å²) in [5.41, 5.74) is 7.81. The van der Waals surface area contributed by atoms with E-state index in [1.54, 1.807) is 0 Å². The largest absolute Gasteiger partial charge is 0.142 e. The van der Waals surface area contributed by atoms with Crippen molar-refractivity contribution in [2.45, 2.75) is 0 Å². The van der Waals surface area contributed by atoms with E-state index < -0.39 is 0 Å². The van der Waals surface area contributed by atoms with Crippen LogP contribution in [0.2, 0.25) is 0 Å². The van der Waals surface area contributed by atoms with Gasteiger partial charge in [0, 0.05) is 41.4 Å². The fourth-order valence-electron chi connectivity index (χ4n) is 7.51. The summed E-state index contributed by atoms with van der Waals surface area (Å²) in [6.45, 7) is 0. The Labute approximate surface area is 274 Å². The molecule has 0 atom stereocenters. The maximum absolute atomic E-state index is 2.45. The topological polar surface area (TPSA) is 0 Å². The Morgan fingerprint density at radius 3 is 1.72 bits per heavy atom. The van der Waals surface area contributed by atoms with Crippen LogP contribution in [0.25, 0.3) is 96.0 Å². The summed E-state index contributed by atoms with van der Waals surface area (Å²) in [6.07, 6.45) is 0. The molecule has 0 amide bonds. The van der Waals surface area contributed by atoms with Crippen LogP contribution in [0.5, 0.6) is 0 Å². The SMILES string of the molecule is c1ccc(-c2csc3c(-c4c5ccccc5c(-c5ccc6ccccc6c5)c5ccccc45)c4c(cc23)sc2ccccc24)cc1. The van der Waals surface area contributed by atoms with Gasteiger partial charge in [0.15, 0.2) is 0 Å². The summed E-state index contributed by atoms with van der Waals surface area (Å²) in [7, 11) is 0. The number of thiophene rings is 2. The third kappa shape index (κ3) is 3.78. The van der Waals surface area contributed by atoms with Crippen LogP contribution >= 0.6 is 22.7 Å². The molecule has 2 aromatic heterocycles. The molecule has 10 rings (SSSR count). The quantitative estimate of drug-likeness (QED) is 0.173. The molecule has 0 bridgehead atoms. The highest BCUT2D eigenvalue weighted by Gasteiger charge is 2.23. The number of hydrogen-bond donors (Lipinski definition) is 0. The summed E-state index contributed by atoms with van der Waals surface area (Å²) in [4.78, 5) is 0. The Balaban J connectivity index is 1.40. The molecule has 0 nitrogen and oxygen atoms in total. The number of fused-ring (bicyclic) bond motifs is 7. The summed E-state index contributed by atoms with van der Waals surface area (Å²) in [5, 5.41) is 14.1. The molecule has 10 aromatic rings. The minimum Gasteiger partial charge on any atom is -0.142 e. The van der Waals surface area contributed by atoms with E-state index in [4.69, 9.17) is 0 Å². The van der Waals surface area contributed by atoms with Crippen molar-refractivity contribution in [3.05, 3.63) is 157 Å². The van der Waals surface area contributed by atoms with Gasteiger partial charge in [0.2, 0.25) is 0 Å². The molecule has 0 N–H and O–H groups in total. The summed E-state index contributed by atoms with van der Waals surface area (Å²) < 4.78 is 4.02. The van der Waals surface area contributed by atoms with Gasteiger partial charge in [0.1, 0.15) is 0 Å². The lowest BCUT2D eigenvalue weighted by atomic mass is 9.84. The highest BCUT2D eigenvalue weighted by molar-refractivity contribution is 7.26. The van der Waals surface area contributed by atoms with Gasteiger partial charge >= 0.3 is 0 Å². The van der Waals surface area contributed by atoms with E-state index in [0.29, 0.717) is 0 Å². The summed E-state index contributed by atoms with van der Waals surface area (Å²) >= 11 is 3.79. The monoisotopic (exact) mass is 618 g/mol. The molecule has 0 saturated carbocycles. The molecule has 2 heterocycles. The Morgan fingerprint density at radius 2 is 0.978 bits per heavy atom. The second-order valence-electron chi connectivity index (χ2n) is 12.0. The Morgan fingerprint density at radius 1 is 0.370 bits per heavy atom. The van der Waals surface area contributed by atoms with E-state index in [-0.39, 0.29) is 0 Å². The molecule has 8 aromatic carbocycles. The summed E-state index contributed by atoms with van der Waals surface area (Å²) in [5.74, 6) is 0. The van der Waals surface area contributed by atoms with Crippen LogP contribution in [-0.2, 0) is 0 Å². The van der Waals surface area contributed by atoms with Crippen molar-refractivity contribution in [3.63, 3.8) is 0 Å². The van der Waals surface area contributed by atoms with E-state index in [2.05, 4.69) is 157 Å². The van der Waals surface area contributed by atoms with Crippen LogP contribution in [0.15, 0.2) is 157 Å². The first-order valence-corrected chi connectivity index (χ1v) is 17.4. The molecule has 2 heteroatoms. The van der Waals surface area contributed by atoms with Crippen molar-refractivity contribution in [1.82, 2.24) is 0 Å². The molecule has 46 heavy (non-hydrogen) atoms. The zero-order valence-electron chi connectivity index (χ0n) is 24.8. The smallest absolute Gasteiger partial charge is 0.0435 e. The van der Waals surface area contributed by atoms with Crippen LogP contribution in [0.4, 0.5) is 0 Å². The Kier molecular flexibility index (Phi) is 5.72. The first-order chi connectivity index (χ1) is 22.8. The zero-order chi connectivity index (χ0) is 30.2. The molecule has 0 aliphatic heterocycles. The standard InChI is InChI=1S/C44H26S2/c1-2-13-28(14-3-1)37-26-45-44-36(37)25-39-42(35-20-10-11-21-38(35)46-39)43(44)41-33-18-8-6-16-31(33)40(32-17-7-9-19-34(32)41)30-23-22-27-12-4-5-15-29(27)24-30/h1-26H. The van der Waals surface area contributed by atoms with Gasteiger partial charge < -0.3 is 0 Å². The van der Waals surface area contributed by atoms with Crippen molar-refractivity contribution in [1.29, 1.82) is 0 Å². The third-order valence-electron chi connectivity index (χ3n) is 9.51. The molecule has 0 saturated heterocycles. The predicted molar refractivity (Wildman–Crippen MR) is 204 cm³/mol. The van der Waals surface area contributed by atoms with Crippen LogP contribution in [-0.4, -0.2) is 0 Å². The molecule has 214 valence electrons. The molecule has 0 aliphatic rings. The van der Waals surface area contributed by atoms with E-state index in [0.717, 1.165) is 0 Å². The van der Waals surface area contributed by atoms with Gasteiger partial charge in [-0.2, -0.15) is 0 Å². The molecule has 0 radical (unpaired) electrons. The predicted octanol–water partition coefficient (Wildman–Crippen LogP) is 13.7. The van der Waals surface area contributed by atoms with Gasteiger partial charge in [-0.05, 0) is 78.2 Å². The lowest BCUT2D eigenvalue weighted by molar-refractivity contribution is 1.69. The highest BCUT2D eigenvalue weighted by Crippen LogP contribution is 2.53. The van der Waals surface area contributed by atoms with Gasteiger partial charge in [-0.1, -0.05) is 133 Å². The molecule has 0 aliphatic carbocycles. The van der Waals surface area contributed by atoms with E-state index >= 15 is 0 Å². The normalized spacial score (nSPS) is 11.9. The van der Waals surface area contributed by atoms with Crippen LogP contribution < -0.4 is 0 Å². The third-order valence-corrected chi connectivity index (χ3v) is 11.6.